The van der Waals surface area contributed by atoms with Gasteiger partial charge >= 0.3 is 5.97 Å². The largest absolute Gasteiger partial charge is 0.508 e. The van der Waals surface area contributed by atoms with Crippen LogP contribution in [0.4, 0.5) is 0 Å². The van der Waals surface area contributed by atoms with Crippen molar-refractivity contribution in [1.29, 1.82) is 0 Å². The number of phenolic OH excluding ortho intramolecular Hbond substituents is 1. The number of aromatic nitrogens is 1. The predicted molar refractivity (Wildman–Crippen MR) is 93.0 cm³/mol. The van der Waals surface area contributed by atoms with Gasteiger partial charge in [0.2, 0.25) is 0 Å². The third-order valence-corrected chi connectivity index (χ3v) is 4.00. The van der Waals surface area contributed by atoms with E-state index in [0.717, 1.165) is 5.56 Å². The highest BCUT2D eigenvalue weighted by Gasteiger charge is 2.23. The van der Waals surface area contributed by atoms with E-state index in [1.54, 1.807) is 6.92 Å². The zero-order valence-corrected chi connectivity index (χ0v) is 14.3. The number of ether oxygens (including phenoxy) is 2. The van der Waals surface area contributed by atoms with Gasteiger partial charge in [-0.05, 0) is 24.6 Å². The van der Waals surface area contributed by atoms with Crippen molar-refractivity contribution in [2.75, 3.05) is 14.2 Å². The second-order valence-electron chi connectivity index (χ2n) is 5.55. The Morgan fingerprint density at radius 1 is 1.16 bits per heavy atom. The van der Waals surface area contributed by atoms with Crippen LogP contribution in [0, 0.1) is 6.92 Å². The van der Waals surface area contributed by atoms with Gasteiger partial charge in [0.1, 0.15) is 25.0 Å². The number of rotatable bonds is 5. The standard InChI is InChI=1S/C19H19NO5/c1-12-18(23-2)15-9-14(21)10-16(17(15)20(12)24-3)19(22)25-11-13-7-5-4-6-8-13/h4-10,21H,11H2,1-3H3. The lowest BCUT2D eigenvalue weighted by Crippen LogP contribution is -2.12. The number of aromatic hydroxyl groups is 1. The molecule has 0 unspecified atom stereocenters. The molecule has 1 heterocycles. The maximum atomic E-state index is 12.6. The molecule has 3 rings (SSSR count). The second kappa shape index (κ2) is 6.76. The fourth-order valence-corrected chi connectivity index (χ4v) is 2.91. The van der Waals surface area contributed by atoms with Gasteiger partial charge in [0.25, 0.3) is 0 Å². The first-order chi connectivity index (χ1) is 12.1. The molecule has 0 amide bonds. The lowest BCUT2D eigenvalue weighted by Gasteiger charge is -2.10. The summed E-state index contributed by atoms with van der Waals surface area (Å²) in [5.41, 5.74) is 2.26. The third kappa shape index (κ3) is 2.98. The highest BCUT2D eigenvalue weighted by molar-refractivity contribution is 6.06. The molecule has 0 spiro atoms. The summed E-state index contributed by atoms with van der Waals surface area (Å²) in [6, 6.07) is 12.3. The molecule has 0 aliphatic heterocycles. The molecule has 130 valence electrons. The van der Waals surface area contributed by atoms with Crippen LogP contribution in [0.15, 0.2) is 42.5 Å². The molecule has 6 nitrogen and oxygen atoms in total. The number of hydrogen-bond acceptors (Lipinski definition) is 5. The Bertz CT molecular complexity index is 915. The summed E-state index contributed by atoms with van der Waals surface area (Å²) in [5.74, 6) is -0.0706. The van der Waals surface area contributed by atoms with Crippen molar-refractivity contribution in [2.45, 2.75) is 13.5 Å². The van der Waals surface area contributed by atoms with Crippen molar-refractivity contribution in [3.8, 4) is 11.5 Å². The van der Waals surface area contributed by atoms with Crippen molar-refractivity contribution < 1.29 is 24.2 Å². The number of methoxy groups -OCH3 is 1. The zero-order chi connectivity index (χ0) is 18.0. The van der Waals surface area contributed by atoms with Gasteiger partial charge in [-0.1, -0.05) is 30.3 Å². The average Bonchev–Trinajstić information content (AvgIpc) is 2.90. The van der Waals surface area contributed by atoms with E-state index in [-0.39, 0.29) is 17.9 Å². The molecule has 0 radical (unpaired) electrons. The molecule has 0 bridgehead atoms. The van der Waals surface area contributed by atoms with Crippen LogP contribution >= 0.6 is 0 Å². The fraction of sp³-hybridized carbons (Fsp3) is 0.211. The van der Waals surface area contributed by atoms with Crippen LogP contribution in [0.3, 0.4) is 0 Å². The SMILES string of the molecule is COc1c(C)n(OC)c2c(C(=O)OCc3ccccc3)cc(O)cc12. The van der Waals surface area contributed by atoms with Crippen LogP contribution in [0.25, 0.3) is 10.9 Å². The van der Waals surface area contributed by atoms with Gasteiger partial charge < -0.3 is 19.4 Å². The maximum absolute atomic E-state index is 12.6. The number of hydrogen-bond donors (Lipinski definition) is 1. The number of fused-ring (bicyclic) bond motifs is 1. The first kappa shape index (κ1) is 16.7. The molecule has 0 saturated carbocycles. The van der Waals surface area contributed by atoms with E-state index >= 15 is 0 Å². The molecular formula is C19H19NO5. The van der Waals surface area contributed by atoms with E-state index in [1.165, 1.54) is 31.1 Å². The second-order valence-corrected chi connectivity index (χ2v) is 5.55. The Hall–Kier alpha value is -3.15. The minimum atomic E-state index is -0.553. The van der Waals surface area contributed by atoms with Crippen molar-refractivity contribution >= 4 is 16.9 Å². The van der Waals surface area contributed by atoms with Crippen LogP contribution in [0.1, 0.15) is 21.6 Å². The summed E-state index contributed by atoms with van der Waals surface area (Å²) in [6.07, 6.45) is 0. The number of esters is 1. The highest BCUT2D eigenvalue weighted by Crippen LogP contribution is 2.36. The zero-order valence-electron chi connectivity index (χ0n) is 14.3. The molecule has 6 heteroatoms. The minimum Gasteiger partial charge on any atom is -0.508 e. The van der Waals surface area contributed by atoms with Crippen molar-refractivity contribution in [1.82, 2.24) is 4.73 Å². The molecule has 0 aliphatic carbocycles. The number of carbonyl (C=O) groups is 1. The van der Waals surface area contributed by atoms with Gasteiger partial charge in [0.05, 0.1) is 23.8 Å². The molecule has 1 aromatic heterocycles. The van der Waals surface area contributed by atoms with Crippen LogP contribution in [0.5, 0.6) is 11.5 Å². The Kier molecular flexibility index (Phi) is 4.52. The maximum Gasteiger partial charge on any atom is 0.340 e. The number of phenols is 1. The molecule has 3 aromatic rings. The number of benzene rings is 2. The number of carbonyl (C=O) groups excluding carboxylic acids is 1. The molecule has 0 aliphatic rings. The van der Waals surface area contributed by atoms with E-state index in [4.69, 9.17) is 14.3 Å². The Balaban J connectivity index is 2.04. The highest BCUT2D eigenvalue weighted by atomic mass is 16.6. The topological polar surface area (TPSA) is 69.9 Å². The van der Waals surface area contributed by atoms with Gasteiger partial charge in [-0.3, -0.25) is 0 Å². The molecule has 0 atom stereocenters. The Morgan fingerprint density at radius 3 is 2.52 bits per heavy atom. The first-order valence-electron chi connectivity index (χ1n) is 7.74. The van der Waals surface area contributed by atoms with Crippen molar-refractivity contribution in [3.05, 3.63) is 59.3 Å². The summed E-state index contributed by atoms with van der Waals surface area (Å²) >= 11 is 0. The summed E-state index contributed by atoms with van der Waals surface area (Å²) < 4.78 is 12.3. The van der Waals surface area contributed by atoms with E-state index in [0.29, 0.717) is 22.3 Å². The lowest BCUT2D eigenvalue weighted by molar-refractivity contribution is 0.0472. The van der Waals surface area contributed by atoms with E-state index in [1.807, 2.05) is 30.3 Å². The van der Waals surface area contributed by atoms with Gasteiger partial charge in [0.15, 0.2) is 5.75 Å². The summed E-state index contributed by atoms with van der Waals surface area (Å²) in [6.45, 7) is 1.94. The molecule has 1 N–H and O–H groups in total. The Morgan fingerprint density at radius 2 is 1.88 bits per heavy atom. The molecule has 0 saturated heterocycles. The predicted octanol–water partition coefficient (Wildman–Crippen LogP) is 3.08. The summed E-state index contributed by atoms with van der Waals surface area (Å²) in [7, 11) is 3.02. The van der Waals surface area contributed by atoms with Crippen LogP contribution in [-0.4, -0.2) is 30.0 Å². The molecule has 0 fully saturated rings. The molecule has 25 heavy (non-hydrogen) atoms. The normalized spacial score (nSPS) is 10.7. The van der Waals surface area contributed by atoms with Crippen LogP contribution in [0.2, 0.25) is 0 Å². The minimum absolute atomic E-state index is 0.0503. The average molecular weight is 341 g/mol. The van der Waals surface area contributed by atoms with Crippen molar-refractivity contribution in [3.63, 3.8) is 0 Å². The third-order valence-electron chi connectivity index (χ3n) is 4.00. The van der Waals surface area contributed by atoms with Gasteiger partial charge in [0, 0.05) is 0 Å². The molecule has 2 aromatic carbocycles. The summed E-state index contributed by atoms with van der Waals surface area (Å²) in [4.78, 5) is 18.0. The lowest BCUT2D eigenvalue weighted by atomic mass is 10.1. The quantitative estimate of drug-likeness (QED) is 0.722. The van der Waals surface area contributed by atoms with E-state index < -0.39 is 5.97 Å². The molecular weight excluding hydrogens is 322 g/mol. The van der Waals surface area contributed by atoms with Crippen molar-refractivity contribution in [2.24, 2.45) is 0 Å². The van der Waals surface area contributed by atoms with Gasteiger partial charge in [-0.2, -0.15) is 4.73 Å². The Labute approximate surface area is 145 Å². The van der Waals surface area contributed by atoms with Gasteiger partial charge in [-0.15, -0.1) is 0 Å². The van der Waals surface area contributed by atoms with Crippen LogP contribution < -0.4 is 9.57 Å². The van der Waals surface area contributed by atoms with E-state index in [9.17, 15) is 9.90 Å². The van der Waals surface area contributed by atoms with E-state index in [2.05, 4.69) is 0 Å². The monoisotopic (exact) mass is 341 g/mol. The smallest absolute Gasteiger partial charge is 0.340 e. The first-order valence-corrected chi connectivity index (χ1v) is 7.74. The van der Waals surface area contributed by atoms with Gasteiger partial charge in [-0.25, -0.2) is 4.79 Å². The number of nitrogens with zero attached hydrogens (tertiary/aromatic N) is 1. The summed E-state index contributed by atoms with van der Waals surface area (Å²) in [5, 5.41) is 10.6. The van der Waals surface area contributed by atoms with Crippen LogP contribution in [-0.2, 0) is 11.3 Å². The fourth-order valence-electron chi connectivity index (χ4n) is 2.91.